The molecule has 0 fully saturated rings. The maximum absolute atomic E-state index is 6.91. The van der Waals surface area contributed by atoms with Gasteiger partial charge in [0.25, 0.3) is 0 Å². The third kappa shape index (κ3) is 4.04. The van der Waals surface area contributed by atoms with Crippen LogP contribution in [0.4, 0.5) is 0 Å². The average Bonchev–Trinajstić information content (AvgIpc) is 2.39. The van der Waals surface area contributed by atoms with E-state index >= 15 is 0 Å². The van der Waals surface area contributed by atoms with Gasteiger partial charge in [-0.2, -0.15) is 0 Å². The number of benzene rings is 1. The molecule has 0 heterocycles. The summed E-state index contributed by atoms with van der Waals surface area (Å²) in [6.07, 6.45) is 2.38. The van der Waals surface area contributed by atoms with Gasteiger partial charge in [0.2, 0.25) is 0 Å². The van der Waals surface area contributed by atoms with Crippen LogP contribution in [0.2, 0.25) is 25.7 Å². The summed E-state index contributed by atoms with van der Waals surface area (Å²) in [6.45, 7) is 14.3. The average molecular weight is 297 g/mol. The molecule has 0 N–H and O–H groups in total. The van der Waals surface area contributed by atoms with Crippen molar-refractivity contribution >= 4 is 22.3 Å². The van der Waals surface area contributed by atoms with Gasteiger partial charge in [-0.3, -0.25) is 0 Å². The molecule has 0 aromatic heterocycles. The van der Waals surface area contributed by atoms with Crippen molar-refractivity contribution in [3.05, 3.63) is 30.3 Å². The summed E-state index contributed by atoms with van der Waals surface area (Å²) in [6, 6.07) is 12.2. The van der Waals surface area contributed by atoms with E-state index in [1.807, 2.05) is 0 Å². The van der Waals surface area contributed by atoms with Crippen LogP contribution >= 0.6 is 0 Å². The molecule has 19 heavy (non-hydrogen) atoms. The van der Waals surface area contributed by atoms with E-state index in [-0.39, 0.29) is 5.22 Å². The van der Waals surface area contributed by atoms with Crippen LogP contribution in [0.1, 0.15) is 33.6 Å². The Hall–Kier alpha value is -0.386. The van der Waals surface area contributed by atoms with Crippen LogP contribution in [0.5, 0.6) is 0 Å². The van der Waals surface area contributed by atoms with Crippen LogP contribution in [0.3, 0.4) is 0 Å². The van der Waals surface area contributed by atoms with Crippen molar-refractivity contribution in [3.63, 3.8) is 0 Å². The summed E-state index contributed by atoms with van der Waals surface area (Å²) in [7, 11) is -3.33. The molecule has 0 aliphatic heterocycles. The molecule has 0 radical (unpaired) electrons. The Kier molecular flexibility index (Phi) is 6.02. The topological polar surface area (TPSA) is 9.23 Å². The Labute approximate surface area is 122 Å². The van der Waals surface area contributed by atoms with Gasteiger partial charge in [0.1, 0.15) is 0 Å². The van der Waals surface area contributed by atoms with Gasteiger partial charge < -0.3 is 0 Å². The van der Waals surface area contributed by atoms with E-state index in [2.05, 4.69) is 70.7 Å². The molecule has 0 saturated heterocycles. The molecule has 1 nitrogen and oxygen atoms in total. The third-order valence-corrected chi connectivity index (χ3v) is 13.7. The molecule has 1 aromatic rings. The predicted molar refractivity (Wildman–Crippen MR) is 94.2 cm³/mol. The van der Waals surface area contributed by atoms with Gasteiger partial charge >= 0.3 is 122 Å². The van der Waals surface area contributed by atoms with Crippen LogP contribution < -0.4 is 5.19 Å². The summed E-state index contributed by atoms with van der Waals surface area (Å²) in [5.41, 5.74) is 0. The molecule has 112 valence electrons. The summed E-state index contributed by atoms with van der Waals surface area (Å²) in [5.74, 6) is 0. The molecular formula is C16H32OSi2-2. The summed E-state index contributed by atoms with van der Waals surface area (Å²) >= 11 is 0. The van der Waals surface area contributed by atoms with Crippen molar-refractivity contribution in [2.75, 3.05) is 0 Å². The van der Waals surface area contributed by atoms with Gasteiger partial charge in [-0.25, -0.2) is 0 Å². The molecule has 0 saturated carbocycles. The minimum atomic E-state index is -2.13. The first kappa shape index (κ1) is 16.7. The fraction of sp³-hybridized carbons (Fsp3) is 0.625. The van der Waals surface area contributed by atoms with Crippen LogP contribution in [0, 0.1) is 0 Å². The summed E-state index contributed by atoms with van der Waals surface area (Å²) < 4.78 is 6.91. The van der Waals surface area contributed by atoms with Crippen LogP contribution in [-0.2, 0) is 4.43 Å². The Balaban J connectivity index is 3.07. The summed E-state index contributed by atoms with van der Waals surface area (Å²) in [4.78, 5) is 0. The Morgan fingerprint density at radius 3 is 2.16 bits per heavy atom. The van der Waals surface area contributed by atoms with E-state index in [0.717, 1.165) is 6.42 Å². The second-order valence-corrected chi connectivity index (χ2v) is 15.6. The van der Waals surface area contributed by atoms with E-state index in [1.165, 1.54) is 17.7 Å². The van der Waals surface area contributed by atoms with Crippen molar-refractivity contribution in [1.29, 1.82) is 0 Å². The second kappa shape index (κ2) is 6.86. The van der Waals surface area contributed by atoms with E-state index < -0.39 is 17.1 Å². The zero-order valence-corrected chi connectivity index (χ0v) is 16.3. The molecule has 0 aliphatic rings. The van der Waals surface area contributed by atoms with Gasteiger partial charge in [-0.15, -0.1) is 0 Å². The Morgan fingerprint density at radius 1 is 1.16 bits per heavy atom. The molecule has 0 bridgehead atoms. The van der Waals surface area contributed by atoms with E-state index in [4.69, 9.17) is 4.43 Å². The van der Waals surface area contributed by atoms with E-state index in [9.17, 15) is 0 Å². The number of rotatable bonds is 7. The van der Waals surface area contributed by atoms with Gasteiger partial charge in [0.05, 0.1) is 0 Å². The van der Waals surface area contributed by atoms with Crippen molar-refractivity contribution in [3.8, 4) is 0 Å². The molecule has 0 aliphatic carbocycles. The van der Waals surface area contributed by atoms with Crippen molar-refractivity contribution in [1.82, 2.24) is 0 Å². The Bertz CT molecular complexity index is 380. The Morgan fingerprint density at radius 2 is 1.74 bits per heavy atom. The fourth-order valence-corrected chi connectivity index (χ4v) is 10.7. The molecule has 0 spiro atoms. The van der Waals surface area contributed by atoms with Gasteiger partial charge in [-0.05, 0) is 0 Å². The van der Waals surface area contributed by atoms with Gasteiger partial charge in [-0.1, -0.05) is 0 Å². The van der Waals surface area contributed by atoms with Crippen LogP contribution in [-0.4, -0.2) is 22.3 Å². The fourth-order valence-electron chi connectivity index (χ4n) is 3.08. The first-order chi connectivity index (χ1) is 8.88. The van der Waals surface area contributed by atoms with Gasteiger partial charge in [0.15, 0.2) is 0 Å². The van der Waals surface area contributed by atoms with Crippen molar-refractivity contribution in [2.45, 2.75) is 64.5 Å². The molecule has 3 heteroatoms. The molecule has 1 aromatic carbocycles. The predicted octanol–water partition coefficient (Wildman–Crippen LogP) is 3.55. The molecule has 1 unspecified atom stereocenters. The number of hydrogen-bond acceptors (Lipinski definition) is 1. The minimum absolute atomic E-state index is 0.180. The van der Waals surface area contributed by atoms with E-state index in [1.54, 1.807) is 0 Å². The quantitative estimate of drug-likeness (QED) is 0.699. The third-order valence-electron chi connectivity index (χ3n) is 5.13. The normalized spacial score (nSPS) is 16.8. The number of hydrogen-bond donors (Lipinski definition) is 0. The van der Waals surface area contributed by atoms with Crippen molar-refractivity contribution in [2.24, 2.45) is 0 Å². The second-order valence-electron chi connectivity index (χ2n) is 6.96. The standard InChI is InChI=1S/C16H32OSi2/c1-7-14-19(6,15-12-10-9-11-13-15)17-16(3,8-2)18(4)5/h9-13,19H,7-8,14,18H2,1-6H3/q-2. The van der Waals surface area contributed by atoms with Gasteiger partial charge in [0, 0.05) is 0 Å². The molecule has 1 rings (SSSR count). The van der Waals surface area contributed by atoms with Crippen LogP contribution in [0.15, 0.2) is 30.3 Å². The zero-order chi connectivity index (χ0) is 14.5. The SMILES string of the molecule is CCC[SiH-](C)(OC(C)(CC)[SiH2-](C)C)c1ccccc1. The molecular weight excluding hydrogens is 264 g/mol. The molecule has 1 atom stereocenters. The monoisotopic (exact) mass is 296 g/mol. The first-order valence-corrected chi connectivity index (χ1v) is 14.7. The zero-order valence-electron chi connectivity index (χ0n) is 13.7. The van der Waals surface area contributed by atoms with Crippen LogP contribution in [0.25, 0.3) is 0 Å². The maximum atomic E-state index is 6.91. The van der Waals surface area contributed by atoms with Crippen molar-refractivity contribution < 1.29 is 4.43 Å². The molecule has 0 amide bonds. The first-order valence-electron chi connectivity index (χ1n) is 8.16. The summed E-state index contributed by atoms with van der Waals surface area (Å²) in [5, 5.41) is 1.66. The van der Waals surface area contributed by atoms with E-state index in [0.29, 0.717) is 0 Å².